The van der Waals surface area contributed by atoms with Crippen molar-refractivity contribution in [2.75, 3.05) is 19.8 Å². The maximum Gasteiger partial charge on any atom is 0.407 e. The average Bonchev–Trinajstić information content (AvgIpc) is 2.59. The number of benzene rings is 2. The van der Waals surface area contributed by atoms with Crippen LogP contribution in [-0.4, -0.2) is 31.6 Å². The number of ketones is 1. The molecule has 2 aromatic rings. The van der Waals surface area contributed by atoms with Crippen LogP contribution in [0.4, 0.5) is 4.79 Å². The molecule has 0 unspecified atom stereocenters. The molecule has 126 valence electrons. The predicted octanol–water partition coefficient (Wildman–Crippen LogP) is 3.35. The lowest BCUT2D eigenvalue weighted by Gasteiger charge is -2.08. The first-order valence-corrected chi connectivity index (χ1v) is 7.85. The lowest BCUT2D eigenvalue weighted by Crippen LogP contribution is -2.28. The Labute approximate surface area is 141 Å². The van der Waals surface area contributed by atoms with Crippen molar-refractivity contribution in [1.29, 1.82) is 0 Å². The van der Waals surface area contributed by atoms with Crippen LogP contribution in [0.2, 0.25) is 0 Å². The molecule has 0 aliphatic rings. The number of alkyl carbamates (subject to hydrolysis) is 1. The van der Waals surface area contributed by atoms with Crippen LogP contribution in [0.1, 0.15) is 28.4 Å². The molecular weight excluding hydrogens is 306 g/mol. The van der Waals surface area contributed by atoms with Gasteiger partial charge in [-0.05, 0) is 44.2 Å². The summed E-state index contributed by atoms with van der Waals surface area (Å²) in [6.07, 6.45) is -0.458. The van der Waals surface area contributed by atoms with Crippen molar-refractivity contribution in [3.05, 3.63) is 65.2 Å². The molecule has 1 N–H and O–H groups in total. The molecule has 1 amide bonds. The molecule has 0 saturated carbocycles. The van der Waals surface area contributed by atoms with Crippen molar-refractivity contribution in [3.63, 3.8) is 0 Å². The Kier molecular flexibility index (Phi) is 6.37. The second-order valence-electron chi connectivity index (χ2n) is 5.22. The summed E-state index contributed by atoms with van der Waals surface area (Å²) in [5.74, 6) is 0.621. The van der Waals surface area contributed by atoms with E-state index in [1.807, 2.05) is 25.1 Å². The molecule has 0 aromatic heterocycles. The zero-order valence-electron chi connectivity index (χ0n) is 13.9. The van der Waals surface area contributed by atoms with Gasteiger partial charge in [-0.3, -0.25) is 4.79 Å². The Balaban J connectivity index is 1.86. The van der Waals surface area contributed by atoms with Gasteiger partial charge in [-0.2, -0.15) is 0 Å². The Morgan fingerprint density at radius 1 is 1.04 bits per heavy atom. The van der Waals surface area contributed by atoms with Gasteiger partial charge in [0.1, 0.15) is 12.4 Å². The van der Waals surface area contributed by atoms with Crippen molar-refractivity contribution < 1.29 is 19.1 Å². The molecule has 0 aliphatic carbocycles. The monoisotopic (exact) mass is 327 g/mol. The third kappa shape index (κ3) is 5.12. The van der Waals surface area contributed by atoms with Crippen LogP contribution in [0.3, 0.4) is 0 Å². The van der Waals surface area contributed by atoms with Gasteiger partial charge < -0.3 is 14.8 Å². The molecule has 5 heteroatoms. The van der Waals surface area contributed by atoms with E-state index in [1.165, 1.54) is 0 Å². The summed E-state index contributed by atoms with van der Waals surface area (Å²) < 4.78 is 10.3. The highest BCUT2D eigenvalue weighted by atomic mass is 16.5. The van der Waals surface area contributed by atoms with Gasteiger partial charge >= 0.3 is 6.09 Å². The van der Waals surface area contributed by atoms with Crippen LogP contribution >= 0.6 is 0 Å². The lowest BCUT2D eigenvalue weighted by atomic mass is 10.0. The van der Waals surface area contributed by atoms with Crippen molar-refractivity contribution in [2.24, 2.45) is 0 Å². The zero-order valence-corrected chi connectivity index (χ0v) is 13.9. The average molecular weight is 327 g/mol. The van der Waals surface area contributed by atoms with Crippen LogP contribution in [0.25, 0.3) is 0 Å². The standard InChI is InChI=1S/C19H21NO4/c1-3-23-19(22)20-11-12-24-17-9-7-15(8-10-17)18(21)16-6-4-5-14(2)13-16/h4-10,13H,3,11-12H2,1-2H3,(H,20,22). The van der Waals surface area contributed by atoms with E-state index in [0.717, 1.165) is 5.56 Å². The molecule has 0 atom stereocenters. The Bertz CT molecular complexity index is 695. The summed E-state index contributed by atoms with van der Waals surface area (Å²) in [5, 5.41) is 2.57. The van der Waals surface area contributed by atoms with Gasteiger partial charge in [0.15, 0.2) is 5.78 Å². The van der Waals surface area contributed by atoms with E-state index >= 15 is 0 Å². The number of aryl methyl sites for hydroxylation is 1. The predicted molar refractivity (Wildman–Crippen MR) is 91.6 cm³/mol. The highest BCUT2D eigenvalue weighted by Crippen LogP contribution is 2.16. The number of hydrogen-bond acceptors (Lipinski definition) is 4. The Morgan fingerprint density at radius 2 is 1.79 bits per heavy atom. The van der Waals surface area contributed by atoms with Gasteiger partial charge in [0.05, 0.1) is 13.2 Å². The molecule has 24 heavy (non-hydrogen) atoms. The van der Waals surface area contributed by atoms with Crippen LogP contribution in [0.15, 0.2) is 48.5 Å². The maximum atomic E-state index is 12.4. The van der Waals surface area contributed by atoms with E-state index in [1.54, 1.807) is 37.3 Å². The summed E-state index contributed by atoms with van der Waals surface area (Å²) in [6, 6.07) is 14.5. The van der Waals surface area contributed by atoms with Crippen LogP contribution < -0.4 is 10.1 Å². The fourth-order valence-corrected chi connectivity index (χ4v) is 2.16. The number of nitrogens with one attached hydrogen (secondary N) is 1. The van der Waals surface area contributed by atoms with Gasteiger partial charge in [-0.15, -0.1) is 0 Å². The van der Waals surface area contributed by atoms with E-state index in [0.29, 0.717) is 36.6 Å². The van der Waals surface area contributed by atoms with Gasteiger partial charge in [0, 0.05) is 11.1 Å². The first kappa shape index (κ1) is 17.5. The normalized spacial score (nSPS) is 10.1. The smallest absolute Gasteiger partial charge is 0.407 e. The first-order valence-electron chi connectivity index (χ1n) is 7.85. The van der Waals surface area contributed by atoms with E-state index in [2.05, 4.69) is 5.32 Å². The molecule has 2 rings (SSSR count). The van der Waals surface area contributed by atoms with Crippen molar-refractivity contribution in [1.82, 2.24) is 5.32 Å². The number of hydrogen-bond donors (Lipinski definition) is 1. The second kappa shape index (κ2) is 8.72. The summed E-state index contributed by atoms with van der Waals surface area (Å²) in [4.78, 5) is 23.5. The molecular formula is C19H21NO4. The third-order valence-corrected chi connectivity index (χ3v) is 3.31. The minimum absolute atomic E-state index is 0.0192. The molecule has 0 fully saturated rings. The molecule has 0 bridgehead atoms. The van der Waals surface area contributed by atoms with E-state index in [4.69, 9.17) is 9.47 Å². The molecule has 0 spiro atoms. The summed E-state index contributed by atoms with van der Waals surface area (Å²) in [6.45, 7) is 4.71. The van der Waals surface area contributed by atoms with Gasteiger partial charge in [0.2, 0.25) is 0 Å². The first-order chi connectivity index (χ1) is 11.6. The number of ether oxygens (including phenoxy) is 2. The van der Waals surface area contributed by atoms with Crippen molar-refractivity contribution in [2.45, 2.75) is 13.8 Å². The van der Waals surface area contributed by atoms with Crippen molar-refractivity contribution in [3.8, 4) is 5.75 Å². The fourth-order valence-electron chi connectivity index (χ4n) is 2.16. The largest absolute Gasteiger partial charge is 0.492 e. The quantitative estimate of drug-likeness (QED) is 0.626. The van der Waals surface area contributed by atoms with Crippen molar-refractivity contribution >= 4 is 11.9 Å². The highest BCUT2D eigenvalue weighted by Gasteiger charge is 2.09. The van der Waals surface area contributed by atoms with Crippen LogP contribution in [0, 0.1) is 6.92 Å². The zero-order chi connectivity index (χ0) is 17.4. The minimum atomic E-state index is -0.458. The second-order valence-corrected chi connectivity index (χ2v) is 5.22. The van der Waals surface area contributed by atoms with Crippen LogP contribution in [-0.2, 0) is 4.74 Å². The molecule has 0 heterocycles. The number of rotatable bonds is 7. The molecule has 0 saturated heterocycles. The summed E-state index contributed by atoms with van der Waals surface area (Å²) in [7, 11) is 0. The fraction of sp³-hybridized carbons (Fsp3) is 0.263. The number of carbonyl (C=O) groups excluding carboxylic acids is 2. The van der Waals surface area contributed by atoms with Gasteiger partial charge in [-0.1, -0.05) is 23.8 Å². The third-order valence-electron chi connectivity index (χ3n) is 3.31. The van der Waals surface area contributed by atoms with Crippen LogP contribution in [0.5, 0.6) is 5.75 Å². The Morgan fingerprint density at radius 3 is 2.46 bits per heavy atom. The van der Waals surface area contributed by atoms with E-state index in [9.17, 15) is 9.59 Å². The summed E-state index contributed by atoms with van der Waals surface area (Å²) >= 11 is 0. The number of carbonyl (C=O) groups is 2. The molecule has 5 nitrogen and oxygen atoms in total. The highest BCUT2D eigenvalue weighted by molar-refractivity contribution is 6.09. The minimum Gasteiger partial charge on any atom is -0.492 e. The SMILES string of the molecule is CCOC(=O)NCCOc1ccc(C(=O)c2cccc(C)c2)cc1. The molecule has 0 radical (unpaired) electrons. The Hall–Kier alpha value is -2.82. The lowest BCUT2D eigenvalue weighted by molar-refractivity contribution is 0.103. The molecule has 0 aliphatic heterocycles. The molecule has 2 aromatic carbocycles. The van der Waals surface area contributed by atoms with E-state index < -0.39 is 6.09 Å². The van der Waals surface area contributed by atoms with Gasteiger partial charge in [0.25, 0.3) is 0 Å². The maximum absolute atomic E-state index is 12.4. The van der Waals surface area contributed by atoms with E-state index in [-0.39, 0.29) is 5.78 Å². The number of amides is 1. The topological polar surface area (TPSA) is 64.6 Å². The summed E-state index contributed by atoms with van der Waals surface area (Å²) in [5.41, 5.74) is 2.33. The van der Waals surface area contributed by atoms with Gasteiger partial charge in [-0.25, -0.2) is 4.79 Å².